The third-order valence-electron chi connectivity index (χ3n) is 5.88. The molecule has 3 fully saturated rings. The van der Waals surface area contributed by atoms with Crippen LogP contribution in [0.2, 0.25) is 0 Å². The minimum Gasteiger partial charge on any atom is -0.466 e. The van der Waals surface area contributed by atoms with Crippen molar-refractivity contribution in [2.24, 2.45) is 17.8 Å². The zero-order valence-electron chi connectivity index (χ0n) is 15.6. The predicted octanol–water partition coefficient (Wildman–Crippen LogP) is 2.54. The van der Waals surface area contributed by atoms with Crippen LogP contribution in [0, 0.1) is 35.4 Å². The van der Waals surface area contributed by atoms with E-state index >= 15 is 0 Å². The molecular formula is C21H22FN3O3. The van der Waals surface area contributed by atoms with E-state index in [2.05, 4.69) is 27.1 Å². The number of aromatic amines is 1. The van der Waals surface area contributed by atoms with Crippen molar-refractivity contribution in [1.82, 2.24) is 15.3 Å². The highest BCUT2D eigenvalue weighted by Gasteiger charge is 2.48. The van der Waals surface area contributed by atoms with Gasteiger partial charge in [0, 0.05) is 23.5 Å². The van der Waals surface area contributed by atoms with Crippen LogP contribution in [0.25, 0.3) is 11.0 Å². The van der Waals surface area contributed by atoms with Gasteiger partial charge in [-0.2, -0.15) is 0 Å². The van der Waals surface area contributed by atoms with Gasteiger partial charge in [0.2, 0.25) is 0 Å². The van der Waals surface area contributed by atoms with Crippen LogP contribution in [0.5, 0.6) is 0 Å². The maximum absolute atomic E-state index is 13.4. The Morgan fingerprint density at radius 1 is 1.32 bits per heavy atom. The zero-order chi connectivity index (χ0) is 19.7. The predicted molar refractivity (Wildman–Crippen MR) is 100 cm³/mol. The smallest absolute Gasteiger partial charge is 0.311 e. The number of nitrogens with zero attached hydrogens (tertiary/aromatic N) is 1. The first-order valence-electron chi connectivity index (χ1n) is 9.68. The van der Waals surface area contributed by atoms with Crippen LogP contribution >= 0.6 is 0 Å². The highest BCUT2D eigenvalue weighted by molar-refractivity contribution is 5.96. The number of aromatic nitrogens is 2. The third kappa shape index (κ3) is 3.47. The molecule has 6 nitrogen and oxygen atoms in total. The average Bonchev–Trinajstić information content (AvgIpc) is 3.09. The van der Waals surface area contributed by atoms with Crippen molar-refractivity contribution < 1.29 is 18.7 Å². The lowest BCUT2D eigenvalue weighted by molar-refractivity contribution is -0.156. The average molecular weight is 383 g/mol. The maximum Gasteiger partial charge on any atom is 0.311 e. The lowest BCUT2D eigenvalue weighted by Crippen LogP contribution is -2.56. The number of ether oxygens (including phenoxy) is 1. The van der Waals surface area contributed by atoms with Gasteiger partial charge in [-0.25, -0.2) is 9.37 Å². The first-order valence-corrected chi connectivity index (χ1v) is 9.68. The standard InChI is InChI=1S/C21H22FN3O3/c1-2-28-21(27)18-12-3-5-13(6-4-12)19(18)25-17(26)8-7-14-10-23-20-16(14)9-15(22)11-24-20/h9-13,18-19H,2-6H2,1H3,(H,23,24)(H,25,26)/t12-,13+,18-,19-/m0/s1. The summed E-state index contributed by atoms with van der Waals surface area (Å²) in [5.74, 6) is 4.45. The second kappa shape index (κ2) is 7.63. The lowest BCUT2D eigenvalue weighted by Gasteiger charge is -2.47. The fourth-order valence-corrected chi connectivity index (χ4v) is 4.63. The fourth-order valence-electron chi connectivity index (χ4n) is 4.63. The Balaban J connectivity index is 1.52. The molecule has 3 aliphatic carbocycles. The topological polar surface area (TPSA) is 84.1 Å². The molecular weight excluding hydrogens is 361 g/mol. The molecule has 2 N–H and O–H groups in total. The second-order valence-corrected chi connectivity index (χ2v) is 7.45. The minimum absolute atomic E-state index is 0.228. The zero-order valence-corrected chi connectivity index (χ0v) is 15.6. The summed E-state index contributed by atoms with van der Waals surface area (Å²) in [6, 6.07) is 1.09. The van der Waals surface area contributed by atoms with E-state index in [1.165, 1.54) is 6.07 Å². The van der Waals surface area contributed by atoms with Gasteiger partial charge in [-0.15, -0.1) is 0 Å². The van der Waals surface area contributed by atoms with Gasteiger partial charge in [-0.05, 0) is 50.5 Å². The van der Waals surface area contributed by atoms with Crippen LogP contribution in [-0.2, 0) is 14.3 Å². The van der Waals surface area contributed by atoms with Crippen molar-refractivity contribution in [3.8, 4) is 11.8 Å². The number of rotatable bonds is 3. The summed E-state index contributed by atoms with van der Waals surface area (Å²) in [5, 5.41) is 3.48. The summed E-state index contributed by atoms with van der Waals surface area (Å²) in [6.07, 6.45) is 6.73. The Bertz CT molecular complexity index is 966. The maximum atomic E-state index is 13.4. The molecule has 2 bridgehead atoms. The van der Waals surface area contributed by atoms with Crippen LogP contribution in [0.1, 0.15) is 38.2 Å². The van der Waals surface area contributed by atoms with Gasteiger partial charge in [0.25, 0.3) is 5.91 Å². The van der Waals surface area contributed by atoms with E-state index in [9.17, 15) is 14.0 Å². The first-order chi connectivity index (χ1) is 13.6. The number of halogens is 1. The summed E-state index contributed by atoms with van der Waals surface area (Å²) in [4.78, 5) is 31.8. The summed E-state index contributed by atoms with van der Waals surface area (Å²) in [6.45, 7) is 2.12. The molecule has 0 aliphatic heterocycles. The number of esters is 1. The quantitative estimate of drug-likeness (QED) is 0.630. The minimum atomic E-state index is -0.463. The van der Waals surface area contributed by atoms with Crippen LogP contribution < -0.4 is 5.32 Å². The van der Waals surface area contributed by atoms with E-state index < -0.39 is 11.7 Å². The molecule has 2 aromatic heterocycles. The molecule has 2 heterocycles. The van der Waals surface area contributed by atoms with Crippen molar-refractivity contribution in [3.63, 3.8) is 0 Å². The summed E-state index contributed by atoms with van der Waals surface area (Å²) in [7, 11) is 0. The van der Waals surface area contributed by atoms with Crippen LogP contribution in [0.15, 0.2) is 18.5 Å². The van der Waals surface area contributed by atoms with Gasteiger partial charge in [0.1, 0.15) is 11.5 Å². The molecule has 2 atom stereocenters. The number of H-pyrrole nitrogens is 1. The van der Waals surface area contributed by atoms with E-state index in [4.69, 9.17) is 4.74 Å². The largest absolute Gasteiger partial charge is 0.466 e. The van der Waals surface area contributed by atoms with Crippen molar-refractivity contribution in [2.75, 3.05) is 6.61 Å². The number of nitrogens with one attached hydrogen (secondary N) is 2. The number of hydrogen-bond donors (Lipinski definition) is 2. The molecule has 3 saturated carbocycles. The van der Waals surface area contributed by atoms with Crippen LogP contribution in [0.3, 0.4) is 0 Å². The Morgan fingerprint density at radius 3 is 2.82 bits per heavy atom. The molecule has 0 radical (unpaired) electrons. The highest BCUT2D eigenvalue weighted by Crippen LogP contribution is 2.45. The Hall–Kier alpha value is -2.88. The highest BCUT2D eigenvalue weighted by atomic mass is 19.1. The van der Waals surface area contributed by atoms with Gasteiger partial charge in [0.05, 0.1) is 24.3 Å². The summed E-state index contributed by atoms with van der Waals surface area (Å²) in [5.41, 5.74) is 1.02. The van der Waals surface area contributed by atoms with Crippen molar-refractivity contribution in [3.05, 3.63) is 29.8 Å². The second-order valence-electron chi connectivity index (χ2n) is 7.45. The fraction of sp³-hybridized carbons (Fsp3) is 0.476. The molecule has 7 heteroatoms. The molecule has 1 amide bonds. The number of pyridine rings is 1. The molecule has 0 unspecified atom stereocenters. The van der Waals surface area contributed by atoms with E-state index in [-0.39, 0.29) is 29.8 Å². The first kappa shape index (κ1) is 18.5. The Morgan fingerprint density at radius 2 is 2.07 bits per heavy atom. The summed E-state index contributed by atoms with van der Waals surface area (Å²) < 4.78 is 18.7. The van der Waals surface area contributed by atoms with Gasteiger partial charge >= 0.3 is 5.97 Å². The Labute approximate surface area is 162 Å². The number of carbonyl (C=O) groups excluding carboxylic acids is 2. The van der Waals surface area contributed by atoms with E-state index in [0.717, 1.165) is 31.9 Å². The molecule has 2 aromatic rings. The van der Waals surface area contributed by atoms with Crippen molar-refractivity contribution in [2.45, 2.75) is 38.6 Å². The van der Waals surface area contributed by atoms with E-state index in [0.29, 0.717) is 23.2 Å². The molecule has 0 saturated heterocycles. The number of hydrogen-bond acceptors (Lipinski definition) is 4. The molecule has 28 heavy (non-hydrogen) atoms. The monoisotopic (exact) mass is 383 g/mol. The van der Waals surface area contributed by atoms with Crippen LogP contribution in [-0.4, -0.2) is 34.5 Å². The van der Waals surface area contributed by atoms with Crippen molar-refractivity contribution in [1.29, 1.82) is 0 Å². The molecule has 146 valence electrons. The van der Waals surface area contributed by atoms with Gasteiger partial charge in [-0.3, -0.25) is 9.59 Å². The number of fused-ring (bicyclic) bond motifs is 4. The van der Waals surface area contributed by atoms with Gasteiger partial charge in [-0.1, -0.05) is 5.92 Å². The Kier molecular flexibility index (Phi) is 5.03. The van der Waals surface area contributed by atoms with Crippen LogP contribution in [0.4, 0.5) is 4.39 Å². The molecule has 0 spiro atoms. The molecule has 3 aliphatic rings. The van der Waals surface area contributed by atoms with Crippen molar-refractivity contribution >= 4 is 22.9 Å². The lowest BCUT2D eigenvalue weighted by atomic mass is 9.61. The van der Waals surface area contributed by atoms with E-state index in [1.807, 2.05) is 0 Å². The normalized spacial score (nSPS) is 25.8. The number of carbonyl (C=O) groups is 2. The SMILES string of the molecule is CCOC(=O)[C@H]1[C@H]2CC[C@H](CC2)[C@@H]1NC(=O)C#Cc1c[nH]c2ncc(F)cc12. The summed E-state index contributed by atoms with van der Waals surface area (Å²) >= 11 is 0. The number of amides is 1. The van der Waals surface area contributed by atoms with Gasteiger partial charge in [0.15, 0.2) is 0 Å². The molecule has 5 rings (SSSR count). The van der Waals surface area contributed by atoms with E-state index in [1.54, 1.807) is 13.1 Å². The third-order valence-corrected chi connectivity index (χ3v) is 5.88. The molecule has 0 aromatic carbocycles. The van der Waals surface area contributed by atoms with Gasteiger partial charge < -0.3 is 15.0 Å².